The monoisotopic (exact) mass is 247 g/mol. The number of nitrogens with one attached hydrogen (secondary N) is 1. The number of carboxylic acids is 1. The van der Waals surface area contributed by atoms with Crippen LogP contribution in [0.15, 0.2) is 18.2 Å². The van der Waals surface area contributed by atoms with Gasteiger partial charge in [-0.05, 0) is 55.4 Å². The molecule has 0 bridgehead atoms. The summed E-state index contributed by atoms with van der Waals surface area (Å²) in [6, 6.07) is 5.26. The zero-order chi connectivity index (χ0) is 13.1. The maximum absolute atomic E-state index is 10.8. The highest BCUT2D eigenvalue weighted by molar-refractivity contribution is 5.88. The maximum Gasteiger partial charge on any atom is 0.335 e. The minimum absolute atomic E-state index is 0.354. The van der Waals surface area contributed by atoms with Crippen molar-refractivity contribution in [3.8, 4) is 0 Å². The van der Waals surface area contributed by atoms with E-state index in [0.29, 0.717) is 5.56 Å². The average molecular weight is 247 g/mol. The first-order valence-corrected chi connectivity index (χ1v) is 6.64. The molecular weight excluding hydrogens is 226 g/mol. The van der Waals surface area contributed by atoms with Crippen molar-refractivity contribution < 1.29 is 9.90 Å². The predicted molar refractivity (Wildman–Crippen MR) is 73.1 cm³/mol. The first-order chi connectivity index (χ1) is 8.56. The van der Waals surface area contributed by atoms with Crippen LogP contribution in [0.5, 0.6) is 0 Å². The van der Waals surface area contributed by atoms with E-state index in [0.717, 1.165) is 29.6 Å². The molecule has 3 nitrogen and oxygen atoms in total. The lowest BCUT2D eigenvalue weighted by Gasteiger charge is -2.14. The molecule has 0 heterocycles. The van der Waals surface area contributed by atoms with E-state index in [2.05, 4.69) is 12.2 Å². The van der Waals surface area contributed by atoms with Crippen LogP contribution in [0.4, 0.5) is 5.69 Å². The summed E-state index contributed by atoms with van der Waals surface area (Å²) in [5, 5.41) is 12.4. The summed E-state index contributed by atoms with van der Waals surface area (Å²) in [5.41, 5.74) is 2.41. The molecule has 1 aromatic rings. The SMILES string of the molecule is Cc1cc(C(=O)O)ccc1NCC1CCC(C)C1. The normalized spacial score (nSPS) is 23.0. The van der Waals surface area contributed by atoms with E-state index in [-0.39, 0.29) is 0 Å². The molecule has 2 rings (SSSR count). The number of benzene rings is 1. The van der Waals surface area contributed by atoms with Crippen molar-refractivity contribution in [2.45, 2.75) is 33.1 Å². The maximum atomic E-state index is 10.8. The molecule has 18 heavy (non-hydrogen) atoms. The fourth-order valence-electron chi connectivity index (χ4n) is 2.76. The molecule has 1 fully saturated rings. The standard InChI is InChI=1S/C15H21NO2/c1-10-3-4-12(7-10)9-16-14-6-5-13(15(17)18)8-11(14)2/h5-6,8,10,12,16H,3-4,7,9H2,1-2H3,(H,17,18). The van der Waals surface area contributed by atoms with Gasteiger partial charge in [-0.3, -0.25) is 0 Å². The predicted octanol–water partition coefficient (Wildman–Crippen LogP) is 3.54. The Labute approximate surface area is 108 Å². The van der Waals surface area contributed by atoms with Gasteiger partial charge in [0.05, 0.1) is 5.56 Å². The molecule has 0 radical (unpaired) electrons. The van der Waals surface area contributed by atoms with Gasteiger partial charge >= 0.3 is 5.97 Å². The molecule has 1 saturated carbocycles. The Balaban J connectivity index is 1.95. The summed E-state index contributed by atoms with van der Waals surface area (Å²) in [5.74, 6) is 0.750. The number of hydrogen-bond donors (Lipinski definition) is 2. The minimum Gasteiger partial charge on any atom is -0.478 e. The lowest BCUT2D eigenvalue weighted by molar-refractivity contribution is 0.0697. The van der Waals surface area contributed by atoms with Gasteiger partial charge in [-0.25, -0.2) is 4.79 Å². The van der Waals surface area contributed by atoms with E-state index in [9.17, 15) is 4.79 Å². The van der Waals surface area contributed by atoms with Gasteiger partial charge in [-0.2, -0.15) is 0 Å². The van der Waals surface area contributed by atoms with E-state index in [1.807, 2.05) is 13.0 Å². The molecule has 2 atom stereocenters. The number of carboxylic acid groups (broad SMARTS) is 1. The molecule has 0 amide bonds. The first kappa shape index (κ1) is 12.9. The third-order valence-electron chi connectivity index (χ3n) is 3.86. The topological polar surface area (TPSA) is 49.3 Å². The number of aromatic carboxylic acids is 1. The summed E-state index contributed by atoms with van der Waals surface area (Å²) < 4.78 is 0. The number of anilines is 1. The van der Waals surface area contributed by atoms with E-state index < -0.39 is 5.97 Å². The molecule has 98 valence electrons. The van der Waals surface area contributed by atoms with E-state index in [1.165, 1.54) is 19.3 Å². The molecule has 1 aromatic carbocycles. The van der Waals surface area contributed by atoms with Crippen LogP contribution in [0.3, 0.4) is 0 Å². The molecule has 3 heteroatoms. The quantitative estimate of drug-likeness (QED) is 0.855. The minimum atomic E-state index is -0.866. The van der Waals surface area contributed by atoms with Crippen LogP contribution in [-0.4, -0.2) is 17.6 Å². The van der Waals surface area contributed by atoms with Crippen LogP contribution in [0, 0.1) is 18.8 Å². The molecule has 2 unspecified atom stereocenters. The largest absolute Gasteiger partial charge is 0.478 e. The lowest BCUT2D eigenvalue weighted by atomic mass is 10.1. The van der Waals surface area contributed by atoms with Crippen LogP contribution >= 0.6 is 0 Å². The summed E-state index contributed by atoms with van der Waals surface area (Å²) >= 11 is 0. The zero-order valence-electron chi connectivity index (χ0n) is 11.1. The Morgan fingerprint density at radius 3 is 2.78 bits per heavy atom. The summed E-state index contributed by atoms with van der Waals surface area (Å²) in [6.07, 6.45) is 3.95. The lowest BCUT2D eigenvalue weighted by Crippen LogP contribution is -2.12. The summed E-state index contributed by atoms with van der Waals surface area (Å²) in [4.78, 5) is 10.8. The van der Waals surface area contributed by atoms with Gasteiger partial charge in [0.2, 0.25) is 0 Å². The second-order valence-electron chi connectivity index (χ2n) is 5.50. The highest BCUT2D eigenvalue weighted by Gasteiger charge is 2.20. The Morgan fingerprint density at radius 2 is 2.22 bits per heavy atom. The Kier molecular flexibility index (Phi) is 3.90. The Hall–Kier alpha value is -1.51. The second kappa shape index (κ2) is 5.42. The fourth-order valence-corrected chi connectivity index (χ4v) is 2.76. The van der Waals surface area contributed by atoms with Gasteiger partial charge in [0.1, 0.15) is 0 Å². The van der Waals surface area contributed by atoms with Gasteiger partial charge in [0.25, 0.3) is 0 Å². The van der Waals surface area contributed by atoms with Gasteiger partial charge in [-0.15, -0.1) is 0 Å². The molecule has 1 aliphatic carbocycles. The van der Waals surface area contributed by atoms with E-state index in [1.54, 1.807) is 12.1 Å². The summed E-state index contributed by atoms with van der Waals surface area (Å²) in [7, 11) is 0. The van der Waals surface area contributed by atoms with Gasteiger partial charge in [0.15, 0.2) is 0 Å². The molecule has 0 spiro atoms. The van der Waals surface area contributed by atoms with Crippen molar-refractivity contribution >= 4 is 11.7 Å². The number of carbonyl (C=O) groups is 1. The highest BCUT2D eigenvalue weighted by atomic mass is 16.4. The van der Waals surface area contributed by atoms with Crippen molar-refractivity contribution in [1.82, 2.24) is 0 Å². The molecule has 0 saturated heterocycles. The Morgan fingerprint density at radius 1 is 1.44 bits per heavy atom. The Bertz CT molecular complexity index is 442. The third-order valence-corrected chi connectivity index (χ3v) is 3.86. The van der Waals surface area contributed by atoms with Gasteiger partial charge < -0.3 is 10.4 Å². The zero-order valence-corrected chi connectivity index (χ0v) is 11.1. The first-order valence-electron chi connectivity index (χ1n) is 6.64. The molecule has 1 aliphatic rings. The van der Waals surface area contributed by atoms with Crippen LogP contribution in [-0.2, 0) is 0 Å². The van der Waals surface area contributed by atoms with Crippen LogP contribution in [0.1, 0.15) is 42.1 Å². The van der Waals surface area contributed by atoms with Crippen molar-refractivity contribution in [2.75, 3.05) is 11.9 Å². The number of hydrogen-bond acceptors (Lipinski definition) is 2. The molecule has 2 N–H and O–H groups in total. The third kappa shape index (κ3) is 3.03. The summed E-state index contributed by atoms with van der Waals surface area (Å²) in [6.45, 7) is 5.26. The van der Waals surface area contributed by atoms with Crippen molar-refractivity contribution in [2.24, 2.45) is 11.8 Å². The van der Waals surface area contributed by atoms with Crippen molar-refractivity contribution in [1.29, 1.82) is 0 Å². The number of rotatable bonds is 4. The highest BCUT2D eigenvalue weighted by Crippen LogP contribution is 2.30. The van der Waals surface area contributed by atoms with Crippen LogP contribution < -0.4 is 5.32 Å². The molecule has 0 aliphatic heterocycles. The van der Waals surface area contributed by atoms with Gasteiger partial charge in [0, 0.05) is 12.2 Å². The average Bonchev–Trinajstić information content (AvgIpc) is 2.73. The smallest absolute Gasteiger partial charge is 0.335 e. The van der Waals surface area contributed by atoms with E-state index >= 15 is 0 Å². The van der Waals surface area contributed by atoms with Crippen molar-refractivity contribution in [3.63, 3.8) is 0 Å². The van der Waals surface area contributed by atoms with Crippen LogP contribution in [0.2, 0.25) is 0 Å². The van der Waals surface area contributed by atoms with Crippen LogP contribution in [0.25, 0.3) is 0 Å². The molecule has 0 aromatic heterocycles. The second-order valence-corrected chi connectivity index (χ2v) is 5.50. The van der Waals surface area contributed by atoms with Gasteiger partial charge in [-0.1, -0.05) is 13.3 Å². The molecular formula is C15H21NO2. The number of aryl methyl sites for hydroxylation is 1. The fraction of sp³-hybridized carbons (Fsp3) is 0.533. The van der Waals surface area contributed by atoms with E-state index in [4.69, 9.17) is 5.11 Å². The van der Waals surface area contributed by atoms with Crippen molar-refractivity contribution in [3.05, 3.63) is 29.3 Å².